The number of nitrogens with two attached hydrogens (primary N) is 1. The van der Waals surface area contributed by atoms with Crippen molar-refractivity contribution in [1.29, 1.82) is 0 Å². The van der Waals surface area contributed by atoms with Crippen molar-refractivity contribution in [2.45, 2.75) is 24.9 Å². The molecule has 1 aliphatic heterocycles. The first kappa shape index (κ1) is 24.5. The fourth-order valence-electron chi connectivity index (χ4n) is 4.24. The molecule has 1 heterocycles. The summed E-state index contributed by atoms with van der Waals surface area (Å²) in [5.74, 6) is -1.88. The summed E-state index contributed by atoms with van der Waals surface area (Å²) in [5, 5.41) is 8.28. The van der Waals surface area contributed by atoms with E-state index in [9.17, 15) is 18.4 Å². The first-order valence-electron chi connectivity index (χ1n) is 11.6. The second kappa shape index (κ2) is 11.2. The molecule has 4 N–H and O–H groups in total. The molecule has 8 heteroatoms. The number of fused-ring (bicyclic) bond motifs is 1. The van der Waals surface area contributed by atoms with Crippen molar-refractivity contribution in [3.05, 3.63) is 83.9 Å². The summed E-state index contributed by atoms with van der Waals surface area (Å²) in [6.45, 7) is 1.12. The van der Waals surface area contributed by atoms with Crippen LogP contribution in [-0.2, 0) is 9.59 Å². The normalized spacial score (nSPS) is 18.7. The number of benzene rings is 3. The zero-order chi connectivity index (χ0) is 24.8. The molecule has 1 aliphatic rings. The fourth-order valence-corrected chi connectivity index (χ4v) is 4.24. The largest absolute Gasteiger partial charge is 0.351 e. The van der Waals surface area contributed by atoms with Crippen molar-refractivity contribution < 1.29 is 18.4 Å². The number of nitrogens with one attached hydrogen (secondary N) is 2. The van der Waals surface area contributed by atoms with Gasteiger partial charge in [-0.3, -0.25) is 9.59 Å². The summed E-state index contributed by atoms with van der Waals surface area (Å²) in [6.07, 6.45) is 3.59. The van der Waals surface area contributed by atoms with Gasteiger partial charge in [-0.25, -0.2) is 8.78 Å². The van der Waals surface area contributed by atoms with E-state index in [1.165, 1.54) is 18.2 Å². The number of hydrogen-bond acceptors (Lipinski definition) is 4. The van der Waals surface area contributed by atoms with Crippen LogP contribution in [0.3, 0.4) is 0 Å². The molecule has 0 bridgehead atoms. The Morgan fingerprint density at radius 1 is 1.11 bits per heavy atom. The van der Waals surface area contributed by atoms with Crippen LogP contribution in [0.5, 0.6) is 0 Å². The van der Waals surface area contributed by atoms with Crippen molar-refractivity contribution in [3.63, 3.8) is 0 Å². The van der Waals surface area contributed by atoms with Gasteiger partial charge in [-0.2, -0.15) is 0 Å². The number of carbonyl (C=O) groups is 2. The molecule has 0 spiro atoms. The van der Waals surface area contributed by atoms with E-state index in [1.54, 1.807) is 4.90 Å². The molecule has 35 heavy (non-hydrogen) atoms. The Labute approximate surface area is 202 Å². The lowest BCUT2D eigenvalue weighted by atomic mass is 10.1. The Balaban J connectivity index is 1.42. The number of hydrogen-bond donors (Lipinski definition) is 3. The van der Waals surface area contributed by atoms with Gasteiger partial charge < -0.3 is 21.3 Å². The molecule has 0 unspecified atom stereocenters. The van der Waals surface area contributed by atoms with E-state index in [2.05, 4.69) is 10.6 Å². The number of amides is 2. The molecule has 0 aromatic heterocycles. The van der Waals surface area contributed by atoms with Gasteiger partial charge in [-0.1, -0.05) is 30.3 Å². The van der Waals surface area contributed by atoms with Crippen LogP contribution >= 0.6 is 0 Å². The molecule has 182 valence electrons. The molecule has 0 saturated carbocycles. The van der Waals surface area contributed by atoms with Crippen molar-refractivity contribution in [3.8, 4) is 0 Å². The third-order valence-electron chi connectivity index (χ3n) is 6.10. The summed E-state index contributed by atoms with van der Waals surface area (Å²) in [4.78, 5) is 27.4. The zero-order valence-corrected chi connectivity index (χ0v) is 19.2. The van der Waals surface area contributed by atoms with Crippen molar-refractivity contribution >= 4 is 34.4 Å². The predicted octanol–water partition coefficient (Wildman–Crippen LogP) is 3.36. The maximum atomic E-state index is 13.8. The van der Waals surface area contributed by atoms with Gasteiger partial charge in [-0.05, 0) is 60.5 Å². The Morgan fingerprint density at radius 2 is 1.91 bits per heavy atom. The van der Waals surface area contributed by atoms with Crippen LogP contribution < -0.4 is 21.3 Å². The molecular formula is C27H28F2N4O2. The number of rotatable bonds is 7. The molecule has 4 rings (SSSR count). The molecule has 2 amide bonds. The average Bonchev–Trinajstić information content (AvgIpc) is 3.01. The smallest absolute Gasteiger partial charge is 0.244 e. The molecule has 0 radical (unpaired) electrons. The second-order valence-corrected chi connectivity index (χ2v) is 8.55. The third-order valence-corrected chi connectivity index (χ3v) is 6.10. The van der Waals surface area contributed by atoms with Crippen LogP contribution in [-0.4, -0.2) is 43.5 Å². The highest BCUT2D eigenvalue weighted by Gasteiger charge is 2.31. The second-order valence-electron chi connectivity index (χ2n) is 8.55. The minimum Gasteiger partial charge on any atom is -0.351 e. The van der Waals surface area contributed by atoms with E-state index < -0.39 is 23.6 Å². The molecule has 0 aliphatic carbocycles. The summed E-state index contributed by atoms with van der Waals surface area (Å²) in [5.41, 5.74) is 6.72. The summed E-state index contributed by atoms with van der Waals surface area (Å²) < 4.78 is 26.8. The number of carbonyl (C=O) groups excluding carboxylic acids is 2. The highest BCUT2D eigenvalue weighted by molar-refractivity contribution is 5.99. The Hall–Kier alpha value is -3.62. The van der Waals surface area contributed by atoms with Gasteiger partial charge in [0.2, 0.25) is 11.8 Å². The van der Waals surface area contributed by atoms with Crippen LogP contribution in [0.1, 0.15) is 18.4 Å². The lowest BCUT2D eigenvalue weighted by Gasteiger charge is -2.25. The van der Waals surface area contributed by atoms with E-state index >= 15 is 0 Å². The van der Waals surface area contributed by atoms with Crippen LogP contribution in [0, 0.1) is 11.6 Å². The van der Waals surface area contributed by atoms with Crippen LogP contribution in [0.25, 0.3) is 16.8 Å². The van der Waals surface area contributed by atoms with Crippen LogP contribution in [0.15, 0.2) is 66.7 Å². The monoisotopic (exact) mass is 478 g/mol. The summed E-state index contributed by atoms with van der Waals surface area (Å²) >= 11 is 0. The van der Waals surface area contributed by atoms with Crippen molar-refractivity contribution in [2.75, 3.05) is 24.5 Å². The van der Waals surface area contributed by atoms with Gasteiger partial charge in [-0.15, -0.1) is 0 Å². The van der Waals surface area contributed by atoms with Gasteiger partial charge in [0.25, 0.3) is 0 Å². The maximum Gasteiger partial charge on any atom is 0.244 e. The summed E-state index contributed by atoms with van der Waals surface area (Å²) in [7, 11) is 0. The molecular weight excluding hydrogens is 450 g/mol. The number of halogens is 2. The molecule has 3 aromatic rings. The van der Waals surface area contributed by atoms with E-state index in [4.69, 9.17) is 5.73 Å². The first-order valence-corrected chi connectivity index (χ1v) is 11.6. The van der Waals surface area contributed by atoms with Gasteiger partial charge in [0.1, 0.15) is 11.6 Å². The lowest BCUT2D eigenvalue weighted by molar-refractivity contribution is -0.120. The molecule has 2 atom stereocenters. The Bertz CT molecular complexity index is 1250. The fraction of sp³-hybridized carbons (Fsp3) is 0.259. The topological polar surface area (TPSA) is 87.5 Å². The SMILES string of the molecule is NCC[C@H]1N[C@@H](CNC(=O)/C=C/c2ccc(F)cc2F)CCN(c2ccc3ccccc3c2)C1=O. The van der Waals surface area contributed by atoms with E-state index in [0.717, 1.165) is 28.6 Å². The number of anilines is 1. The summed E-state index contributed by atoms with van der Waals surface area (Å²) in [6, 6.07) is 16.5. The van der Waals surface area contributed by atoms with Gasteiger partial charge in [0.05, 0.1) is 6.04 Å². The Kier molecular flexibility index (Phi) is 7.84. The number of nitrogens with zero attached hydrogens (tertiary/aromatic N) is 1. The highest BCUT2D eigenvalue weighted by atomic mass is 19.1. The predicted molar refractivity (Wildman–Crippen MR) is 134 cm³/mol. The van der Waals surface area contributed by atoms with Crippen LogP contribution in [0.2, 0.25) is 0 Å². The molecule has 1 fully saturated rings. The molecule has 6 nitrogen and oxygen atoms in total. The van der Waals surface area contributed by atoms with Crippen molar-refractivity contribution in [2.24, 2.45) is 5.73 Å². The van der Waals surface area contributed by atoms with Crippen molar-refractivity contribution in [1.82, 2.24) is 10.6 Å². The minimum atomic E-state index is -0.739. The third kappa shape index (κ3) is 6.09. The first-order chi connectivity index (χ1) is 16.9. The standard InChI is InChI=1S/C27H28F2N4O2/c28-21-8-5-19(24(29)16-21)7-10-26(34)31-17-22-12-14-33(27(35)25(32-22)11-13-30)23-9-6-18-3-1-2-4-20(18)15-23/h1-10,15-16,22,25,32H,11-14,17,30H2,(H,31,34)/b10-7+/t22-,25-/m1/s1. The van der Waals surface area contributed by atoms with Gasteiger partial charge >= 0.3 is 0 Å². The maximum absolute atomic E-state index is 13.8. The highest BCUT2D eigenvalue weighted by Crippen LogP contribution is 2.25. The molecule has 1 saturated heterocycles. The average molecular weight is 479 g/mol. The van der Waals surface area contributed by atoms with Crippen LogP contribution in [0.4, 0.5) is 14.5 Å². The molecule has 3 aromatic carbocycles. The quantitative estimate of drug-likeness (QED) is 0.455. The lowest BCUT2D eigenvalue weighted by Crippen LogP contribution is -2.49. The van der Waals surface area contributed by atoms with Gasteiger partial charge in [0, 0.05) is 42.5 Å². The van der Waals surface area contributed by atoms with E-state index in [-0.39, 0.29) is 24.1 Å². The van der Waals surface area contributed by atoms with E-state index in [0.29, 0.717) is 25.9 Å². The zero-order valence-electron chi connectivity index (χ0n) is 19.2. The minimum absolute atomic E-state index is 0.0498. The van der Waals surface area contributed by atoms with Gasteiger partial charge in [0.15, 0.2) is 0 Å². The Morgan fingerprint density at radius 3 is 2.69 bits per heavy atom. The van der Waals surface area contributed by atoms with E-state index in [1.807, 2.05) is 42.5 Å².